The van der Waals surface area contributed by atoms with E-state index in [2.05, 4.69) is 48.6 Å². The first-order valence-corrected chi connectivity index (χ1v) is 10.5. The van der Waals surface area contributed by atoms with E-state index in [1.807, 2.05) is 34.9 Å². The van der Waals surface area contributed by atoms with Crippen LogP contribution in [-0.4, -0.2) is 37.0 Å². The summed E-state index contributed by atoms with van der Waals surface area (Å²) in [5, 5.41) is 3.42. The second-order valence-corrected chi connectivity index (χ2v) is 7.89. The molecule has 26 heavy (non-hydrogen) atoms. The Morgan fingerprint density at radius 1 is 1.08 bits per heavy atom. The van der Waals surface area contributed by atoms with Gasteiger partial charge in [-0.1, -0.05) is 37.3 Å². The molecule has 0 radical (unpaired) electrons. The lowest BCUT2D eigenvalue weighted by Gasteiger charge is -2.32. The smallest absolute Gasteiger partial charge is 0.253 e. The van der Waals surface area contributed by atoms with Crippen LogP contribution in [0.1, 0.15) is 35.7 Å². The molecule has 1 heterocycles. The number of likely N-dealkylation sites (tertiary alicyclic amines) is 1. The first kappa shape index (κ1) is 19.0. The van der Waals surface area contributed by atoms with Gasteiger partial charge in [0.25, 0.3) is 5.91 Å². The Bertz CT molecular complexity index is 679. The average molecular weight is 369 g/mol. The van der Waals surface area contributed by atoms with Crippen LogP contribution in [-0.2, 0) is 5.75 Å². The molecule has 1 fully saturated rings. The van der Waals surface area contributed by atoms with Crippen LogP contribution in [0.4, 0.5) is 0 Å². The summed E-state index contributed by atoms with van der Waals surface area (Å²) in [4.78, 5) is 16.0. The van der Waals surface area contributed by atoms with Crippen molar-refractivity contribution in [2.24, 2.45) is 5.92 Å². The summed E-state index contributed by atoms with van der Waals surface area (Å²) in [7, 11) is 0. The van der Waals surface area contributed by atoms with E-state index in [1.54, 1.807) is 0 Å². The number of hydrogen-bond donors (Lipinski definition) is 1. The van der Waals surface area contributed by atoms with Crippen molar-refractivity contribution in [2.75, 3.05) is 26.2 Å². The molecule has 0 unspecified atom stereocenters. The molecule has 138 valence electrons. The summed E-state index contributed by atoms with van der Waals surface area (Å²) < 4.78 is 0. The largest absolute Gasteiger partial charge is 0.339 e. The Morgan fingerprint density at radius 2 is 1.77 bits per heavy atom. The minimum atomic E-state index is 0.175. The second-order valence-electron chi connectivity index (χ2n) is 6.84. The van der Waals surface area contributed by atoms with Crippen molar-refractivity contribution >= 4 is 17.7 Å². The molecule has 2 aromatic rings. The fourth-order valence-electron chi connectivity index (χ4n) is 3.30. The maximum Gasteiger partial charge on any atom is 0.253 e. The normalized spacial score (nSPS) is 15.2. The van der Waals surface area contributed by atoms with E-state index < -0.39 is 0 Å². The van der Waals surface area contributed by atoms with Gasteiger partial charge in [-0.05, 0) is 61.7 Å². The third-order valence-corrected chi connectivity index (χ3v) is 6.02. The zero-order valence-electron chi connectivity index (χ0n) is 15.5. The number of nitrogens with one attached hydrogen (secondary N) is 1. The number of piperidine rings is 1. The van der Waals surface area contributed by atoms with Gasteiger partial charge in [-0.2, -0.15) is 0 Å². The van der Waals surface area contributed by atoms with Crippen molar-refractivity contribution in [2.45, 2.75) is 30.4 Å². The molecule has 0 saturated carbocycles. The van der Waals surface area contributed by atoms with E-state index in [0.29, 0.717) is 5.92 Å². The number of hydrogen-bond acceptors (Lipinski definition) is 3. The predicted molar refractivity (Wildman–Crippen MR) is 110 cm³/mol. The Hall–Kier alpha value is -1.78. The number of rotatable bonds is 7. The van der Waals surface area contributed by atoms with E-state index in [4.69, 9.17) is 0 Å². The highest BCUT2D eigenvalue weighted by molar-refractivity contribution is 7.98. The van der Waals surface area contributed by atoms with Crippen molar-refractivity contribution in [3.05, 3.63) is 65.7 Å². The molecule has 1 aliphatic heterocycles. The standard InChI is InChI=1S/C22H28N2OS/c1-2-23-16-18-12-14-24(15-13-18)22(25)20-10-8-19(9-11-20)17-26-21-6-4-3-5-7-21/h3-11,18,23H,2,12-17H2,1H3. The molecule has 2 aromatic carbocycles. The molecule has 0 aromatic heterocycles. The van der Waals surface area contributed by atoms with Crippen LogP contribution in [0, 0.1) is 5.92 Å². The van der Waals surface area contributed by atoms with Crippen molar-refractivity contribution < 1.29 is 4.79 Å². The summed E-state index contributed by atoms with van der Waals surface area (Å²) in [6, 6.07) is 18.5. The van der Waals surface area contributed by atoms with Gasteiger partial charge in [0, 0.05) is 29.3 Å². The number of amides is 1. The quantitative estimate of drug-likeness (QED) is 0.733. The van der Waals surface area contributed by atoms with Crippen molar-refractivity contribution in [3.8, 4) is 0 Å². The number of thioether (sulfide) groups is 1. The van der Waals surface area contributed by atoms with Crippen LogP contribution in [0.3, 0.4) is 0 Å². The first-order valence-electron chi connectivity index (χ1n) is 9.53. The van der Waals surface area contributed by atoms with E-state index >= 15 is 0 Å². The van der Waals surface area contributed by atoms with Gasteiger partial charge >= 0.3 is 0 Å². The van der Waals surface area contributed by atoms with E-state index in [9.17, 15) is 4.79 Å². The van der Waals surface area contributed by atoms with Gasteiger partial charge in [-0.15, -0.1) is 11.8 Å². The summed E-state index contributed by atoms with van der Waals surface area (Å²) >= 11 is 1.82. The molecule has 0 spiro atoms. The van der Waals surface area contributed by atoms with Crippen LogP contribution in [0.5, 0.6) is 0 Å². The maximum atomic E-state index is 12.7. The summed E-state index contributed by atoms with van der Waals surface area (Å²) in [5.74, 6) is 1.81. The molecule has 0 atom stereocenters. The lowest BCUT2D eigenvalue weighted by Crippen LogP contribution is -2.40. The monoisotopic (exact) mass is 368 g/mol. The average Bonchev–Trinajstić information content (AvgIpc) is 2.72. The van der Waals surface area contributed by atoms with Gasteiger partial charge in [0.1, 0.15) is 0 Å². The van der Waals surface area contributed by atoms with Crippen molar-refractivity contribution in [3.63, 3.8) is 0 Å². The Kier molecular flexibility index (Phi) is 7.15. The molecular formula is C22H28N2OS. The first-order chi connectivity index (χ1) is 12.8. The summed E-state index contributed by atoms with van der Waals surface area (Å²) in [6.45, 7) is 5.99. The Labute approximate surface area is 161 Å². The third kappa shape index (κ3) is 5.36. The highest BCUT2D eigenvalue weighted by atomic mass is 32.2. The molecule has 1 saturated heterocycles. The van der Waals surface area contributed by atoms with E-state index in [-0.39, 0.29) is 5.91 Å². The Balaban J connectivity index is 1.49. The van der Waals surface area contributed by atoms with E-state index in [1.165, 1.54) is 10.5 Å². The SMILES string of the molecule is CCNCC1CCN(C(=O)c2ccc(CSc3ccccc3)cc2)CC1. The van der Waals surface area contributed by atoms with Crippen LogP contribution in [0.15, 0.2) is 59.5 Å². The molecule has 0 aliphatic carbocycles. The maximum absolute atomic E-state index is 12.7. The van der Waals surface area contributed by atoms with Gasteiger partial charge in [0.15, 0.2) is 0 Å². The molecule has 3 rings (SSSR count). The fourth-order valence-corrected chi connectivity index (χ4v) is 4.17. The molecule has 0 bridgehead atoms. The van der Waals surface area contributed by atoms with Crippen molar-refractivity contribution in [1.82, 2.24) is 10.2 Å². The van der Waals surface area contributed by atoms with Crippen LogP contribution in [0.25, 0.3) is 0 Å². The zero-order chi connectivity index (χ0) is 18.2. The molecule has 1 N–H and O–H groups in total. The lowest BCUT2D eigenvalue weighted by molar-refractivity contribution is 0.0690. The molecule has 1 aliphatic rings. The molecule has 4 heteroatoms. The van der Waals surface area contributed by atoms with Gasteiger partial charge in [-0.3, -0.25) is 4.79 Å². The predicted octanol–water partition coefficient (Wildman–Crippen LogP) is 4.44. The summed E-state index contributed by atoms with van der Waals surface area (Å²) in [5.41, 5.74) is 2.06. The van der Waals surface area contributed by atoms with Crippen LogP contribution < -0.4 is 5.32 Å². The highest BCUT2D eigenvalue weighted by Crippen LogP contribution is 2.23. The fraction of sp³-hybridized carbons (Fsp3) is 0.409. The Morgan fingerprint density at radius 3 is 2.42 bits per heavy atom. The van der Waals surface area contributed by atoms with Crippen LogP contribution in [0.2, 0.25) is 0 Å². The molecular weight excluding hydrogens is 340 g/mol. The minimum Gasteiger partial charge on any atom is -0.339 e. The second kappa shape index (κ2) is 9.79. The van der Waals surface area contributed by atoms with Gasteiger partial charge < -0.3 is 10.2 Å². The van der Waals surface area contributed by atoms with Crippen LogP contribution >= 0.6 is 11.8 Å². The molecule has 3 nitrogen and oxygen atoms in total. The summed E-state index contributed by atoms with van der Waals surface area (Å²) in [6.07, 6.45) is 2.20. The third-order valence-electron chi connectivity index (χ3n) is 4.93. The zero-order valence-corrected chi connectivity index (χ0v) is 16.3. The topological polar surface area (TPSA) is 32.3 Å². The van der Waals surface area contributed by atoms with E-state index in [0.717, 1.165) is 50.3 Å². The van der Waals surface area contributed by atoms with Gasteiger partial charge in [0.2, 0.25) is 0 Å². The van der Waals surface area contributed by atoms with Gasteiger partial charge in [0.05, 0.1) is 0 Å². The van der Waals surface area contributed by atoms with Gasteiger partial charge in [-0.25, -0.2) is 0 Å². The minimum absolute atomic E-state index is 0.175. The lowest BCUT2D eigenvalue weighted by atomic mass is 9.96. The number of benzene rings is 2. The molecule has 1 amide bonds. The number of carbonyl (C=O) groups is 1. The number of carbonyl (C=O) groups excluding carboxylic acids is 1. The number of nitrogens with zero attached hydrogens (tertiary/aromatic N) is 1. The van der Waals surface area contributed by atoms with Crippen molar-refractivity contribution in [1.29, 1.82) is 0 Å². The highest BCUT2D eigenvalue weighted by Gasteiger charge is 2.23.